The molecule has 0 bridgehead atoms. The first-order valence-electron chi connectivity index (χ1n) is 14.2. The third-order valence-electron chi connectivity index (χ3n) is 7.15. The molecule has 2 N–H and O–H groups in total. The van der Waals surface area contributed by atoms with Crippen LogP contribution < -0.4 is 10.1 Å². The summed E-state index contributed by atoms with van der Waals surface area (Å²) >= 11 is 0. The lowest BCUT2D eigenvalue weighted by atomic mass is 9.75. The highest BCUT2D eigenvalue weighted by Crippen LogP contribution is 2.42. The second kappa shape index (κ2) is 13.8. The number of carbonyl (C=O) groups excluding carboxylic acids is 1. The van der Waals surface area contributed by atoms with Crippen molar-refractivity contribution in [1.82, 2.24) is 5.32 Å². The molecule has 1 aliphatic rings. The van der Waals surface area contributed by atoms with Crippen LogP contribution in [0, 0.1) is 11.6 Å². The molecule has 0 aliphatic heterocycles. The number of hydrogen-bond acceptors (Lipinski definition) is 4. The molecule has 2 atom stereocenters. The lowest BCUT2D eigenvalue weighted by Crippen LogP contribution is -2.49. The topological polar surface area (TPSA) is 67.8 Å². The van der Waals surface area contributed by atoms with Crippen LogP contribution in [-0.4, -0.2) is 35.8 Å². The van der Waals surface area contributed by atoms with E-state index in [4.69, 9.17) is 4.74 Å². The van der Waals surface area contributed by atoms with Gasteiger partial charge >= 0.3 is 18.7 Å². The highest BCUT2D eigenvalue weighted by molar-refractivity contribution is 5.95. The lowest BCUT2D eigenvalue weighted by molar-refractivity contribution is -0.253. The quantitative estimate of drug-likeness (QED) is 0.198. The van der Waals surface area contributed by atoms with E-state index in [9.17, 15) is 45.0 Å². The molecule has 0 fully saturated rings. The number of ether oxygens (including phenoxy) is 2. The molecule has 1 aliphatic carbocycles. The van der Waals surface area contributed by atoms with Crippen LogP contribution in [0.5, 0.6) is 11.5 Å². The number of halogens is 10. The van der Waals surface area contributed by atoms with E-state index < -0.39 is 89.3 Å². The Morgan fingerprint density at radius 2 is 1.65 bits per heavy atom. The van der Waals surface area contributed by atoms with Crippen molar-refractivity contribution in [3.63, 3.8) is 0 Å². The molecule has 3 aromatic carbocycles. The van der Waals surface area contributed by atoms with E-state index in [1.807, 2.05) is 0 Å². The zero-order valence-electron chi connectivity index (χ0n) is 25.0. The Balaban J connectivity index is 2.01. The maximum Gasteiger partial charge on any atom is 0.461 e. The van der Waals surface area contributed by atoms with Gasteiger partial charge in [-0.25, -0.2) is 13.2 Å². The van der Waals surface area contributed by atoms with Crippen molar-refractivity contribution in [2.24, 2.45) is 0 Å². The van der Waals surface area contributed by atoms with E-state index in [1.54, 1.807) is 13.8 Å². The van der Waals surface area contributed by atoms with E-state index in [-0.39, 0.29) is 28.7 Å². The zero-order chi connectivity index (χ0) is 35.6. The molecule has 0 radical (unpaired) electrons. The molecule has 258 valence electrons. The molecule has 0 saturated heterocycles. The standard InChI is InChI=1S/C33H27F10NO4/c1-17(2)47-28-14-20(6-10-27(28)36)31(16-18-3-7-23(45)8-4-18,21-12-22(34)15-24(13-21)48-33(42,43)30(37)38)44-29(46)19-5-9-26(35)25(11-19)32(39,40)41/h3-9,11-15,17,27,30,45H,10,16H2,1-2H3,(H,44,46)/t27?,31-/m0/s1. The predicted octanol–water partition coefficient (Wildman–Crippen LogP) is 8.77. The SMILES string of the molecule is CC(C)OC1=CC([C@](Cc2ccc(O)cc2)(NC(=O)c2ccc(F)c(C(F)(F)F)c2)c2cc(F)cc(OC(F)(F)C(F)F)c2)=CCC1F. The molecular formula is C33H27F10NO4. The summed E-state index contributed by atoms with van der Waals surface area (Å²) in [4.78, 5) is 13.8. The number of nitrogens with one attached hydrogen (secondary N) is 1. The summed E-state index contributed by atoms with van der Waals surface area (Å²) in [6, 6.07) is 8.24. The van der Waals surface area contributed by atoms with Crippen molar-refractivity contribution in [3.8, 4) is 11.5 Å². The molecule has 0 aromatic heterocycles. The van der Waals surface area contributed by atoms with Crippen molar-refractivity contribution < 1.29 is 63.3 Å². The summed E-state index contributed by atoms with van der Waals surface area (Å²) in [5.74, 6) is -5.93. The fraction of sp³-hybridized carbons (Fsp3) is 0.303. The van der Waals surface area contributed by atoms with Crippen LogP contribution in [0.1, 0.15) is 47.3 Å². The average Bonchev–Trinajstić information content (AvgIpc) is 2.97. The number of amides is 1. The Hall–Kier alpha value is -4.69. The summed E-state index contributed by atoms with van der Waals surface area (Å²) in [5, 5.41) is 12.3. The highest BCUT2D eigenvalue weighted by atomic mass is 19.4. The molecule has 48 heavy (non-hydrogen) atoms. The number of phenols is 1. The minimum atomic E-state index is -5.22. The van der Waals surface area contributed by atoms with Gasteiger partial charge in [-0.3, -0.25) is 4.79 Å². The highest BCUT2D eigenvalue weighted by Gasteiger charge is 2.45. The molecule has 1 unspecified atom stereocenters. The molecule has 0 heterocycles. The number of hydrogen-bond donors (Lipinski definition) is 2. The summed E-state index contributed by atoms with van der Waals surface area (Å²) < 4.78 is 149. The Morgan fingerprint density at radius 3 is 2.25 bits per heavy atom. The van der Waals surface area contributed by atoms with Gasteiger partial charge in [-0.2, -0.15) is 30.7 Å². The normalized spacial score (nSPS) is 16.7. The summed E-state index contributed by atoms with van der Waals surface area (Å²) in [7, 11) is 0. The predicted molar refractivity (Wildman–Crippen MR) is 152 cm³/mol. The molecule has 3 aromatic rings. The first-order valence-corrected chi connectivity index (χ1v) is 14.2. The number of aromatic hydroxyl groups is 1. The molecule has 15 heteroatoms. The van der Waals surface area contributed by atoms with Gasteiger partial charge < -0.3 is 19.9 Å². The van der Waals surface area contributed by atoms with Crippen LogP contribution in [0.3, 0.4) is 0 Å². The van der Waals surface area contributed by atoms with Gasteiger partial charge in [-0.15, -0.1) is 0 Å². The summed E-state index contributed by atoms with van der Waals surface area (Å²) in [6.45, 7) is 3.15. The lowest BCUT2D eigenvalue weighted by Gasteiger charge is -2.39. The van der Waals surface area contributed by atoms with Gasteiger partial charge in [0.25, 0.3) is 5.91 Å². The van der Waals surface area contributed by atoms with Gasteiger partial charge in [0.05, 0.1) is 17.2 Å². The maximum absolute atomic E-state index is 15.1. The second-order valence-corrected chi connectivity index (χ2v) is 11.1. The molecule has 0 saturated carbocycles. The van der Waals surface area contributed by atoms with E-state index in [1.165, 1.54) is 30.3 Å². The van der Waals surface area contributed by atoms with E-state index in [0.717, 1.165) is 18.2 Å². The number of rotatable bonds is 11. The van der Waals surface area contributed by atoms with Crippen LogP contribution in [0.4, 0.5) is 43.9 Å². The summed E-state index contributed by atoms with van der Waals surface area (Å²) in [5.41, 5.74) is -5.03. The monoisotopic (exact) mass is 691 g/mol. The van der Waals surface area contributed by atoms with Crippen molar-refractivity contribution in [3.05, 3.63) is 118 Å². The van der Waals surface area contributed by atoms with E-state index in [2.05, 4.69) is 10.1 Å². The van der Waals surface area contributed by atoms with Gasteiger partial charge in [0.1, 0.15) is 28.9 Å². The van der Waals surface area contributed by atoms with E-state index in [0.29, 0.717) is 18.2 Å². The number of alkyl halides is 8. The Bertz CT molecular complexity index is 1700. The van der Waals surface area contributed by atoms with Crippen LogP contribution in [0.15, 0.2) is 84.1 Å². The molecule has 5 nitrogen and oxygen atoms in total. The number of phenolic OH excluding ortho intramolecular Hbond substituents is 1. The molecule has 1 amide bonds. The van der Waals surface area contributed by atoms with Gasteiger partial charge in [0.2, 0.25) is 0 Å². The fourth-order valence-corrected chi connectivity index (χ4v) is 5.03. The Kier molecular flexibility index (Phi) is 10.4. The average molecular weight is 692 g/mol. The molecular weight excluding hydrogens is 664 g/mol. The van der Waals surface area contributed by atoms with Crippen LogP contribution in [-0.2, 0) is 22.9 Å². The van der Waals surface area contributed by atoms with Crippen molar-refractivity contribution in [2.45, 2.75) is 63.2 Å². The first kappa shape index (κ1) is 36.2. The minimum Gasteiger partial charge on any atom is -0.508 e. The van der Waals surface area contributed by atoms with Gasteiger partial charge in [0, 0.05) is 24.5 Å². The molecule has 4 rings (SSSR count). The number of carbonyl (C=O) groups is 1. The van der Waals surface area contributed by atoms with Gasteiger partial charge in [-0.05, 0) is 79.1 Å². The second-order valence-electron chi connectivity index (χ2n) is 11.1. The van der Waals surface area contributed by atoms with Crippen LogP contribution >= 0.6 is 0 Å². The zero-order valence-corrected chi connectivity index (χ0v) is 25.0. The third-order valence-corrected chi connectivity index (χ3v) is 7.15. The Morgan fingerprint density at radius 1 is 0.979 bits per heavy atom. The van der Waals surface area contributed by atoms with Crippen LogP contribution in [0.2, 0.25) is 0 Å². The summed E-state index contributed by atoms with van der Waals surface area (Å²) in [6.07, 6.45) is -15.5. The molecule has 0 spiro atoms. The van der Waals surface area contributed by atoms with Crippen molar-refractivity contribution >= 4 is 5.91 Å². The number of benzene rings is 3. The van der Waals surface area contributed by atoms with Crippen LogP contribution in [0.25, 0.3) is 0 Å². The van der Waals surface area contributed by atoms with Crippen molar-refractivity contribution in [2.75, 3.05) is 0 Å². The first-order chi connectivity index (χ1) is 22.3. The largest absolute Gasteiger partial charge is 0.508 e. The maximum atomic E-state index is 15.1. The third kappa shape index (κ3) is 8.23. The number of allylic oxidation sites excluding steroid dienone is 2. The Labute approximate surface area is 267 Å². The van der Waals surface area contributed by atoms with Gasteiger partial charge in [0.15, 0.2) is 6.17 Å². The fourth-order valence-electron chi connectivity index (χ4n) is 5.03. The van der Waals surface area contributed by atoms with E-state index >= 15 is 8.78 Å². The minimum absolute atomic E-state index is 0.0798. The smallest absolute Gasteiger partial charge is 0.461 e. The van der Waals surface area contributed by atoms with Crippen molar-refractivity contribution in [1.29, 1.82) is 0 Å². The van der Waals surface area contributed by atoms with Gasteiger partial charge in [-0.1, -0.05) is 18.2 Å².